The van der Waals surface area contributed by atoms with Crippen LogP contribution < -0.4 is 0 Å². The first-order valence-electron chi connectivity index (χ1n) is 8.27. The summed E-state index contributed by atoms with van der Waals surface area (Å²) in [4.78, 5) is 26.2. The number of carboxylic acid groups (broad SMARTS) is 1. The summed E-state index contributed by atoms with van der Waals surface area (Å²) in [6.07, 6.45) is 2.24. The van der Waals surface area contributed by atoms with E-state index in [1.165, 1.54) is 0 Å². The van der Waals surface area contributed by atoms with Crippen LogP contribution in [0.15, 0.2) is 30.3 Å². The average Bonchev–Trinajstić information content (AvgIpc) is 2.41. The van der Waals surface area contributed by atoms with Gasteiger partial charge in [0.25, 0.3) is 0 Å². The lowest BCUT2D eigenvalue weighted by molar-refractivity contribution is -0.160. The van der Waals surface area contributed by atoms with Gasteiger partial charge in [0.1, 0.15) is 0 Å². The molecule has 126 valence electrons. The molecule has 1 aliphatic rings. The number of carbonyl (C=O) groups excluding carboxylic acids is 1. The molecule has 0 aliphatic heterocycles. The number of hydrogen-bond acceptors (Lipinski definition) is 2. The summed E-state index contributed by atoms with van der Waals surface area (Å²) in [5.74, 6) is -0.876. The molecule has 0 spiro atoms. The molecule has 1 aromatic rings. The molecular weight excluding hydrogens is 290 g/mol. The lowest BCUT2D eigenvalue weighted by Gasteiger charge is -2.39. The monoisotopic (exact) mass is 317 g/mol. The van der Waals surface area contributed by atoms with Gasteiger partial charge in [-0.3, -0.25) is 9.59 Å². The third-order valence-corrected chi connectivity index (χ3v) is 4.49. The molecule has 1 saturated carbocycles. The number of nitrogens with zero attached hydrogens (tertiary/aromatic N) is 1. The topological polar surface area (TPSA) is 57.6 Å². The van der Waals surface area contributed by atoms with E-state index in [1.807, 2.05) is 35.2 Å². The third kappa shape index (κ3) is 4.57. The number of amides is 1. The molecule has 4 heteroatoms. The molecule has 1 aromatic carbocycles. The second-order valence-electron chi connectivity index (χ2n) is 7.91. The molecule has 4 nitrogen and oxygen atoms in total. The molecule has 0 saturated heterocycles. The predicted octanol–water partition coefficient (Wildman–Crippen LogP) is 3.71. The highest BCUT2D eigenvalue weighted by atomic mass is 16.4. The van der Waals surface area contributed by atoms with Crippen LogP contribution in [0.5, 0.6) is 0 Å². The molecule has 23 heavy (non-hydrogen) atoms. The predicted molar refractivity (Wildman–Crippen MR) is 89.9 cm³/mol. The summed E-state index contributed by atoms with van der Waals surface area (Å²) in [6, 6.07) is 9.87. The first-order chi connectivity index (χ1) is 10.7. The number of benzene rings is 1. The van der Waals surface area contributed by atoms with Crippen LogP contribution >= 0.6 is 0 Å². The van der Waals surface area contributed by atoms with Gasteiger partial charge in [-0.2, -0.15) is 0 Å². The van der Waals surface area contributed by atoms with Gasteiger partial charge in [0.15, 0.2) is 0 Å². The minimum Gasteiger partial charge on any atom is -0.481 e. The summed E-state index contributed by atoms with van der Waals surface area (Å²) in [7, 11) is 0. The molecule has 0 heterocycles. The van der Waals surface area contributed by atoms with Crippen molar-refractivity contribution in [2.45, 2.75) is 53.0 Å². The van der Waals surface area contributed by atoms with E-state index in [9.17, 15) is 14.7 Å². The maximum Gasteiger partial charge on any atom is 0.310 e. The zero-order chi connectivity index (χ0) is 17.1. The molecule has 0 bridgehead atoms. The van der Waals surface area contributed by atoms with Crippen LogP contribution in [-0.2, 0) is 16.1 Å². The zero-order valence-electron chi connectivity index (χ0n) is 14.3. The fourth-order valence-corrected chi connectivity index (χ4v) is 3.08. The van der Waals surface area contributed by atoms with Gasteiger partial charge in [0.05, 0.1) is 5.41 Å². The van der Waals surface area contributed by atoms with Gasteiger partial charge in [-0.05, 0) is 23.8 Å². The quantitative estimate of drug-likeness (QED) is 0.870. The van der Waals surface area contributed by atoms with Gasteiger partial charge < -0.3 is 10.0 Å². The highest BCUT2D eigenvalue weighted by Crippen LogP contribution is 2.44. The van der Waals surface area contributed by atoms with Crippen molar-refractivity contribution >= 4 is 11.9 Å². The van der Waals surface area contributed by atoms with Crippen LogP contribution in [0.25, 0.3) is 0 Å². The first-order valence-corrected chi connectivity index (χ1v) is 8.27. The molecule has 1 N–H and O–H groups in total. The number of carbonyl (C=O) groups is 2. The van der Waals surface area contributed by atoms with E-state index in [-0.39, 0.29) is 17.7 Å². The Bertz CT molecular complexity index is 556. The van der Waals surface area contributed by atoms with E-state index in [2.05, 4.69) is 20.8 Å². The molecule has 1 amide bonds. The Morgan fingerprint density at radius 3 is 2.22 bits per heavy atom. The molecule has 0 atom stereocenters. The van der Waals surface area contributed by atoms with E-state index in [0.29, 0.717) is 25.9 Å². The van der Waals surface area contributed by atoms with E-state index >= 15 is 0 Å². The highest BCUT2D eigenvalue weighted by Gasteiger charge is 2.46. The van der Waals surface area contributed by atoms with Crippen LogP contribution in [0.3, 0.4) is 0 Å². The Morgan fingerprint density at radius 2 is 1.78 bits per heavy atom. The van der Waals surface area contributed by atoms with Crippen molar-refractivity contribution in [3.8, 4) is 0 Å². The minimum absolute atomic E-state index is 0.0273. The van der Waals surface area contributed by atoms with Crippen LogP contribution in [0.1, 0.15) is 52.0 Å². The molecule has 1 aliphatic carbocycles. The van der Waals surface area contributed by atoms with Gasteiger partial charge in [-0.1, -0.05) is 57.5 Å². The number of aliphatic carboxylic acids is 1. The molecular formula is C19H27NO3. The van der Waals surface area contributed by atoms with Crippen molar-refractivity contribution in [3.05, 3.63) is 35.9 Å². The van der Waals surface area contributed by atoms with Gasteiger partial charge >= 0.3 is 5.97 Å². The first kappa shape index (κ1) is 17.5. The van der Waals surface area contributed by atoms with Crippen molar-refractivity contribution in [2.24, 2.45) is 10.8 Å². The Balaban J connectivity index is 2.12. The van der Waals surface area contributed by atoms with Crippen LogP contribution in [0.2, 0.25) is 0 Å². The van der Waals surface area contributed by atoms with Crippen molar-refractivity contribution in [1.82, 2.24) is 4.90 Å². The lowest BCUT2D eigenvalue weighted by Crippen LogP contribution is -2.45. The second-order valence-corrected chi connectivity index (χ2v) is 7.91. The standard InChI is InChI=1S/C19H27NO3/c1-18(2,3)14-20(13-15-8-5-4-6-9-15)16(21)12-19(17(22)23)10-7-11-19/h4-6,8-9H,7,10-14H2,1-3H3,(H,22,23). The smallest absolute Gasteiger partial charge is 0.310 e. The zero-order valence-corrected chi connectivity index (χ0v) is 14.3. The van der Waals surface area contributed by atoms with Gasteiger partial charge in [-0.25, -0.2) is 0 Å². The summed E-state index contributed by atoms with van der Waals surface area (Å²) in [6.45, 7) is 7.43. The van der Waals surface area contributed by atoms with Crippen molar-refractivity contribution in [1.29, 1.82) is 0 Å². The van der Waals surface area contributed by atoms with E-state index in [0.717, 1.165) is 12.0 Å². The summed E-state index contributed by atoms with van der Waals surface area (Å²) < 4.78 is 0. The minimum atomic E-state index is -0.829. The van der Waals surface area contributed by atoms with E-state index in [4.69, 9.17) is 0 Å². The maximum atomic E-state index is 12.8. The largest absolute Gasteiger partial charge is 0.481 e. The fraction of sp³-hybridized carbons (Fsp3) is 0.579. The summed E-state index contributed by atoms with van der Waals surface area (Å²) in [5.41, 5.74) is 0.216. The lowest BCUT2D eigenvalue weighted by atomic mass is 9.66. The Labute approximate surface area is 138 Å². The van der Waals surface area contributed by atoms with Crippen molar-refractivity contribution in [2.75, 3.05) is 6.54 Å². The van der Waals surface area contributed by atoms with Gasteiger partial charge in [-0.15, -0.1) is 0 Å². The van der Waals surface area contributed by atoms with Crippen LogP contribution in [-0.4, -0.2) is 28.4 Å². The number of carboxylic acids is 1. The second kappa shape index (κ2) is 6.73. The molecule has 1 fully saturated rings. The van der Waals surface area contributed by atoms with E-state index in [1.54, 1.807) is 0 Å². The molecule has 0 unspecified atom stereocenters. The average molecular weight is 317 g/mol. The van der Waals surface area contributed by atoms with Crippen LogP contribution in [0, 0.1) is 10.8 Å². The molecule has 0 radical (unpaired) electrons. The Kier molecular flexibility index (Phi) is 5.12. The summed E-state index contributed by atoms with van der Waals surface area (Å²) >= 11 is 0. The van der Waals surface area contributed by atoms with Crippen LogP contribution in [0.4, 0.5) is 0 Å². The van der Waals surface area contributed by atoms with E-state index < -0.39 is 11.4 Å². The molecule has 0 aromatic heterocycles. The highest BCUT2D eigenvalue weighted by molar-refractivity contribution is 5.85. The molecule has 2 rings (SSSR count). The normalized spacial score (nSPS) is 16.5. The van der Waals surface area contributed by atoms with Gasteiger partial charge in [0.2, 0.25) is 5.91 Å². The third-order valence-electron chi connectivity index (χ3n) is 4.49. The van der Waals surface area contributed by atoms with Crippen molar-refractivity contribution in [3.63, 3.8) is 0 Å². The number of rotatable bonds is 6. The van der Waals surface area contributed by atoms with Gasteiger partial charge in [0, 0.05) is 19.5 Å². The number of hydrogen-bond donors (Lipinski definition) is 1. The Hall–Kier alpha value is -1.84. The summed E-state index contributed by atoms with van der Waals surface area (Å²) in [5, 5.41) is 9.47. The Morgan fingerprint density at radius 1 is 1.17 bits per heavy atom. The van der Waals surface area contributed by atoms with Crippen molar-refractivity contribution < 1.29 is 14.7 Å². The SMILES string of the molecule is CC(C)(C)CN(Cc1ccccc1)C(=O)CC1(C(=O)O)CCC1. The maximum absolute atomic E-state index is 12.8. The fourth-order valence-electron chi connectivity index (χ4n) is 3.08.